The van der Waals surface area contributed by atoms with Crippen molar-refractivity contribution in [2.45, 2.75) is 42.3 Å². The van der Waals surface area contributed by atoms with Crippen molar-refractivity contribution in [1.82, 2.24) is 10.9 Å². The summed E-state index contributed by atoms with van der Waals surface area (Å²) in [7, 11) is -3.87. The standard InChI is InChI=1S/C36H36Cl2N6O6S/c37-28-14-11-25(32(38)23-28)17-19-40-43-35(46)36(18-22-51(47,48)30-8-2-1-3-9-30)33(31-10-5-4-7-27(31)24-41-44-39)50-34(42-36)26-12-15-29(16-13-26)49-21-6-20-45/h1-5,7-16,23,33,40,45H,6,17-22,24H2,(H,43,46)/t33-,36-/m0/s1. The molecule has 4 aromatic rings. The third-order valence-corrected chi connectivity index (χ3v) is 10.6. The molecule has 0 spiro atoms. The van der Waals surface area contributed by atoms with Gasteiger partial charge >= 0.3 is 0 Å². The van der Waals surface area contributed by atoms with Gasteiger partial charge in [0.1, 0.15) is 5.75 Å². The zero-order valence-corrected chi connectivity index (χ0v) is 29.7. The number of benzene rings is 4. The number of rotatable bonds is 17. The molecule has 12 nitrogen and oxygen atoms in total. The Kier molecular flexibility index (Phi) is 12.9. The smallest absolute Gasteiger partial charge is 0.266 e. The summed E-state index contributed by atoms with van der Waals surface area (Å²) in [6, 6.07) is 27.0. The summed E-state index contributed by atoms with van der Waals surface area (Å²) in [5.41, 5.74) is 15.4. The van der Waals surface area contributed by atoms with Crippen LogP contribution < -0.4 is 15.6 Å². The molecule has 4 aromatic carbocycles. The number of carbonyl (C=O) groups excluding carboxylic acids is 1. The van der Waals surface area contributed by atoms with Crippen LogP contribution in [0.15, 0.2) is 112 Å². The molecule has 0 saturated carbocycles. The average Bonchev–Trinajstić information content (AvgIpc) is 3.54. The van der Waals surface area contributed by atoms with Crippen LogP contribution in [0.4, 0.5) is 0 Å². The highest BCUT2D eigenvalue weighted by Crippen LogP contribution is 2.44. The third kappa shape index (κ3) is 9.39. The van der Waals surface area contributed by atoms with Crippen LogP contribution >= 0.6 is 23.2 Å². The molecular formula is C36H36Cl2N6O6S. The SMILES string of the molecule is [N-]=[N+]=NCc1ccccc1[C@@H]1OC(c2ccc(OCCCO)cc2)=N[C@]1(CCS(=O)(=O)c1ccccc1)C(=O)NNCCc1ccc(Cl)cc1Cl. The van der Waals surface area contributed by atoms with Crippen LogP contribution in [0.3, 0.4) is 0 Å². The molecule has 0 saturated heterocycles. The zero-order valence-electron chi connectivity index (χ0n) is 27.4. The molecule has 0 radical (unpaired) electrons. The van der Waals surface area contributed by atoms with Crippen LogP contribution in [0.5, 0.6) is 5.75 Å². The highest BCUT2D eigenvalue weighted by Gasteiger charge is 2.54. The number of hydrogen-bond acceptors (Lipinski definition) is 9. The van der Waals surface area contributed by atoms with E-state index in [2.05, 4.69) is 20.9 Å². The van der Waals surface area contributed by atoms with Gasteiger partial charge in [0.2, 0.25) is 5.90 Å². The number of hydrazine groups is 1. The van der Waals surface area contributed by atoms with E-state index in [1.807, 2.05) is 0 Å². The summed E-state index contributed by atoms with van der Waals surface area (Å²) < 4.78 is 39.5. The monoisotopic (exact) mass is 750 g/mol. The molecular weight excluding hydrogens is 715 g/mol. The number of aliphatic imine (C=N–C) groups is 1. The zero-order chi connectivity index (χ0) is 36.3. The molecule has 51 heavy (non-hydrogen) atoms. The topological polar surface area (TPSA) is 175 Å². The van der Waals surface area contributed by atoms with Crippen molar-refractivity contribution in [2.24, 2.45) is 10.1 Å². The molecule has 0 aromatic heterocycles. The van der Waals surface area contributed by atoms with Crippen LogP contribution in [0, 0.1) is 0 Å². The summed E-state index contributed by atoms with van der Waals surface area (Å²) in [5.74, 6) is -0.390. The maximum Gasteiger partial charge on any atom is 0.266 e. The van der Waals surface area contributed by atoms with Gasteiger partial charge in [0, 0.05) is 46.5 Å². The van der Waals surface area contributed by atoms with E-state index in [0.29, 0.717) is 51.9 Å². The fraction of sp³-hybridized carbons (Fsp3) is 0.278. The number of aliphatic hydroxyl groups is 1. The fourth-order valence-electron chi connectivity index (χ4n) is 5.60. The first-order valence-corrected chi connectivity index (χ1v) is 18.5. The number of amides is 1. The molecule has 0 bridgehead atoms. The molecule has 1 heterocycles. The van der Waals surface area contributed by atoms with Crippen molar-refractivity contribution < 1.29 is 27.8 Å². The van der Waals surface area contributed by atoms with E-state index in [-0.39, 0.29) is 36.9 Å². The first-order valence-electron chi connectivity index (χ1n) is 16.1. The number of aliphatic hydroxyl groups excluding tert-OH is 1. The van der Waals surface area contributed by atoms with Crippen LogP contribution in [0.2, 0.25) is 10.0 Å². The summed E-state index contributed by atoms with van der Waals surface area (Å²) in [5, 5.41) is 13.8. The van der Waals surface area contributed by atoms with Gasteiger partial charge in [-0.3, -0.25) is 10.2 Å². The Morgan fingerprint density at radius 2 is 1.76 bits per heavy atom. The lowest BCUT2D eigenvalue weighted by atomic mass is 9.83. The lowest BCUT2D eigenvalue weighted by Crippen LogP contribution is -2.53. The van der Waals surface area contributed by atoms with Crippen LogP contribution in [-0.4, -0.2) is 56.4 Å². The van der Waals surface area contributed by atoms with Gasteiger partial charge in [-0.25, -0.2) is 18.8 Å². The summed E-state index contributed by atoms with van der Waals surface area (Å²) in [4.78, 5) is 22.4. The molecule has 2 atom stereocenters. The molecule has 1 amide bonds. The highest BCUT2D eigenvalue weighted by molar-refractivity contribution is 7.91. The van der Waals surface area contributed by atoms with Crippen LogP contribution in [0.25, 0.3) is 10.4 Å². The highest BCUT2D eigenvalue weighted by atomic mass is 35.5. The van der Waals surface area contributed by atoms with Gasteiger partial charge in [-0.2, -0.15) is 0 Å². The molecule has 0 unspecified atom stereocenters. The van der Waals surface area contributed by atoms with Crippen molar-refractivity contribution in [1.29, 1.82) is 0 Å². The Bertz CT molecular complexity index is 2010. The quantitative estimate of drug-likeness (QED) is 0.0361. The van der Waals surface area contributed by atoms with Gasteiger partial charge in [0.25, 0.3) is 5.91 Å². The van der Waals surface area contributed by atoms with Gasteiger partial charge in [-0.15, -0.1) is 0 Å². The second-order valence-corrected chi connectivity index (χ2v) is 14.6. The number of hydrogen-bond donors (Lipinski definition) is 3. The van der Waals surface area contributed by atoms with Gasteiger partial charge in [-0.05, 0) is 77.2 Å². The van der Waals surface area contributed by atoms with Gasteiger partial charge in [-0.1, -0.05) is 76.8 Å². The Labute approximate surface area is 305 Å². The molecule has 1 aliphatic rings. The minimum Gasteiger partial charge on any atom is -0.494 e. The minimum absolute atomic E-state index is 0.000853. The maximum absolute atomic E-state index is 14.5. The predicted octanol–water partition coefficient (Wildman–Crippen LogP) is 6.55. The van der Waals surface area contributed by atoms with Crippen LogP contribution in [0.1, 0.15) is 41.2 Å². The average molecular weight is 752 g/mol. The van der Waals surface area contributed by atoms with E-state index >= 15 is 0 Å². The number of nitrogens with one attached hydrogen (secondary N) is 2. The third-order valence-electron chi connectivity index (χ3n) is 8.26. The Balaban J connectivity index is 1.53. The summed E-state index contributed by atoms with van der Waals surface area (Å²) >= 11 is 12.4. The van der Waals surface area contributed by atoms with Gasteiger partial charge in [0.15, 0.2) is 21.5 Å². The van der Waals surface area contributed by atoms with E-state index < -0.39 is 33.1 Å². The van der Waals surface area contributed by atoms with Crippen LogP contribution in [-0.2, 0) is 32.3 Å². The molecule has 5 rings (SSSR count). The van der Waals surface area contributed by atoms with Crippen molar-refractivity contribution in [2.75, 3.05) is 25.5 Å². The summed E-state index contributed by atoms with van der Waals surface area (Å²) in [6.45, 7) is 0.563. The molecule has 3 N–H and O–H groups in total. The number of ether oxygens (including phenoxy) is 2. The van der Waals surface area contributed by atoms with Gasteiger partial charge in [0.05, 0.1) is 23.8 Å². The van der Waals surface area contributed by atoms with Crippen molar-refractivity contribution in [3.8, 4) is 5.75 Å². The molecule has 15 heteroatoms. The van der Waals surface area contributed by atoms with E-state index in [9.17, 15) is 13.2 Å². The second-order valence-electron chi connectivity index (χ2n) is 11.6. The number of nitrogens with zero attached hydrogens (tertiary/aromatic N) is 4. The largest absolute Gasteiger partial charge is 0.494 e. The molecule has 1 aliphatic heterocycles. The first kappa shape index (κ1) is 37.6. The van der Waals surface area contributed by atoms with E-state index in [4.69, 9.17) is 48.3 Å². The summed E-state index contributed by atoms with van der Waals surface area (Å²) in [6.07, 6.45) is -0.454. The number of halogens is 2. The van der Waals surface area contributed by atoms with Gasteiger partial charge < -0.3 is 14.6 Å². The van der Waals surface area contributed by atoms with Crippen molar-refractivity contribution >= 4 is 44.8 Å². The maximum atomic E-state index is 14.5. The van der Waals surface area contributed by atoms with E-state index in [1.54, 1.807) is 84.9 Å². The second kappa shape index (κ2) is 17.5. The molecule has 0 aliphatic carbocycles. The minimum atomic E-state index is -3.87. The first-order chi connectivity index (χ1) is 24.7. The number of sulfone groups is 1. The lowest BCUT2D eigenvalue weighted by molar-refractivity contribution is -0.130. The van der Waals surface area contributed by atoms with Crippen molar-refractivity contribution in [3.63, 3.8) is 0 Å². The number of carbonyl (C=O) groups is 1. The normalized spacial score (nSPS) is 16.8. The lowest BCUT2D eigenvalue weighted by Gasteiger charge is -2.31. The van der Waals surface area contributed by atoms with E-state index in [0.717, 1.165) is 5.56 Å². The fourth-order valence-corrected chi connectivity index (χ4v) is 7.49. The van der Waals surface area contributed by atoms with E-state index in [1.165, 1.54) is 12.1 Å². The van der Waals surface area contributed by atoms with Crippen molar-refractivity contribution in [3.05, 3.63) is 140 Å². The Morgan fingerprint density at radius 1 is 1.02 bits per heavy atom. The predicted molar refractivity (Wildman–Crippen MR) is 195 cm³/mol. The Morgan fingerprint density at radius 3 is 2.49 bits per heavy atom. The Hall–Kier alpha value is -4.62. The molecule has 266 valence electrons. The number of azide groups is 1. The molecule has 0 fully saturated rings.